The van der Waals surface area contributed by atoms with Crippen molar-refractivity contribution in [2.24, 2.45) is 9.98 Å². The molecule has 11 aromatic rings. The van der Waals surface area contributed by atoms with Crippen LogP contribution in [-0.2, 0) is 6.54 Å². The minimum absolute atomic E-state index is 0.570. The Morgan fingerprint density at radius 3 is 1.51 bits per heavy atom. The number of rotatable bonds is 10. The van der Waals surface area contributed by atoms with Gasteiger partial charge in [0.1, 0.15) is 0 Å². The number of fused-ring (bicyclic) bond motifs is 6. The van der Waals surface area contributed by atoms with E-state index in [2.05, 4.69) is 215 Å². The fraction of sp³-hybridized carbons (Fsp3) is 0.0169. The summed E-state index contributed by atoms with van der Waals surface area (Å²) in [6.45, 7) is 4.57. The van der Waals surface area contributed by atoms with E-state index >= 15 is 0 Å². The van der Waals surface area contributed by atoms with Gasteiger partial charge in [-0.3, -0.25) is 9.98 Å². The normalized spacial score (nSPS) is 12.1. The molecule has 4 nitrogen and oxygen atoms in total. The minimum Gasteiger partial charge on any atom is -0.309 e. The van der Waals surface area contributed by atoms with Crippen molar-refractivity contribution >= 4 is 61.7 Å². The second kappa shape index (κ2) is 16.3. The van der Waals surface area contributed by atoms with Crippen LogP contribution in [0.5, 0.6) is 0 Å². The summed E-state index contributed by atoms with van der Waals surface area (Å²) in [7, 11) is 0. The highest BCUT2D eigenvalue weighted by Crippen LogP contribution is 2.38. The van der Waals surface area contributed by atoms with Crippen molar-refractivity contribution in [2.45, 2.75) is 6.54 Å². The Morgan fingerprint density at radius 1 is 0.397 bits per heavy atom. The average Bonchev–Trinajstić information content (AvgIpc) is 3.87. The summed E-state index contributed by atoms with van der Waals surface area (Å²) in [5, 5.41) is 4.90. The molecule has 0 aliphatic rings. The van der Waals surface area contributed by atoms with E-state index in [4.69, 9.17) is 4.99 Å². The molecular weight excluding hydrogens is 765 g/mol. The van der Waals surface area contributed by atoms with Gasteiger partial charge in [-0.1, -0.05) is 158 Å². The molecular formula is C59H42N4. The summed E-state index contributed by atoms with van der Waals surface area (Å²) >= 11 is 0. The molecule has 4 heteroatoms. The van der Waals surface area contributed by atoms with Crippen molar-refractivity contribution in [3.63, 3.8) is 0 Å². The van der Waals surface area contributed by atoms with Gasteiger partial charge in [0.15, 0.2) is 0 Å². The molecule has 298 valence electrons. The fourth-order valence-corrected chi connectivity index (χ4v) is 9.06. The summed E-state index contributed by atoms with van der Waals surface area (Å²) < 4.78 is 4.76. The van der Waals surface area contributed by atoms with Crippen LogP contribution in [0.2, 0.25) is 0 Å². The number of para-hydroxylation sites is 3. The lowest BCUT2D eigenvalue weighted by atomic mass is 9.99. The maximum atomic E-state index is 5.05. The van der Waals surface area contributed by atoms with Crippen LogP contribution >= 0.6 is 0 Å². The Balaban J connectivity index is 0.968. The van der Waals surface area contributed by atoms with E-state index in [1.165, 1.54) is 49.2 Å². The van der Waals surface area contributed by atoms with Crippen molar-refractivity contribution in [1.82, 2.24) is 9.13 Å². The third-order valence-corrected chi connectivity index (χ3v) is 12.1. The van der Waals surface area contributed by atoms with Gasteiger partial charge in [-0.2, -0.15) is 0 Å². The van der Waals surface area contributed by atoms with Crippen LogP contribution in [0.25, 0.3) is 82.9 Å². The first-order chi connectivity index (χ1) is 31.2. The molecule has 11 rings (SSSR count). The quantitative estimate of drug-likeness (QED) is 0.123. The predicted molar refractivity (Wildman–Crippen MR) is 267 cm³/mol. The fourth-order valence-electron chi connectivity index (χ4n) is 9.06. The Morgan fingerprint density at radius 2 is 0.873 bits per heavy atom. The molecule has 0 N–H and O–H groups in total. The van der Waals surface area contributed by atoms with Crippen LogP contribution in [0.1, 0.15) is 16.7 Å². The zero-order valence-corrected chi connectivity index (χ0v) is 34.6. The maximum absolute atomic E-state index is 5.05. The van der Waals surface area contributed by atoms with Crippen LogP contribution in [0.15, 0.2) is 241 Å². The molecule has 63 heavy (non-hydrogen) atoms. The highest BCUT2D eigenvalue weighted by Gasteiger charge is 2.17. The Bertz CT molecular complexity index is 3540. The SMILES string of the molecule is C=N/C(=C\C(=N/Cc1ccccc1)c1ccccc1)c1cccc(-c2ccc3c(c2)c2ccccc2n3-c2cccc(-c3ccc4c(c3)c3ccccc3n4-c3ccccc3)c2)c1. The molecule has 2 heterocycles. The Labute approximate surface area is 366 Å². The van der Waals surface area contributed by atoms with Crippen molar-refractivity contribution in [3.05, 3.63) is 247 Å². The number of allylic oxidation sites excluding steroid dienone is 1. The standard InChI is InChI=1S/C59H42N4/c1-60-54(39-55(42-19-7-3-8-20-42)61-40-41-17-5-2-6-18-41)47-23-15-21-43(35-47)45-31-34-59-53(37-45)51-28-12-14-30-57(51)63(59)49-26-16-22-44(36-49)46-32-33-58-52(38-46)50-27-11-13-29-56(50)62(58)48-24-9-4-10-25-48/h2-39H,1,40H2/b54-39-,61-55+. The van der Waals surface area contributed by atoms with E-state index in [-0.39, 0.29) is 0 Å². The highest BCUT2D eigenvalue weighted by molar-refractivity contribution is 6.13. The first kappa shape index (κ1) is 37.6. The molecule has 0 radical (unpaired) electrons. The van der Waals surface area contributed by atoms with E-state index < -0.39 is 0 Å². The third-order valence-electron chi connectivity index (χ3n) is 12.1. The van der Waals surface area contributed by atoms with Gasteiger partial charge in [-0.05, 0) is 113 Å². The lowest BCUT2D eigenvalue weighted by Gasteiger charge is -2.12. The topological polar surface area (TPSA) is 34.6 Å². The van der Waals surface area contributed by atoms with Gasteiger partial charge in [-0.15, -0.1) is 0 Å². The van der Waals surface area contributed by atoms with Crippen molar-refractivity contribution in [1.29, 1.82) is 0 Å². The summed E-state index contributed by atoms with van der Waals surface area (Å²) in [6.07, 6.45) is 2.05. The second-order valence-electron chi connectivity index (χ2n) is 15.9. The molecule has 0 bridgehead atoms. The van der Waals surface area contributed by atoms with Crippen LogP contribution in [-0.4, -0.2) is 21.6 Å². The number of benzene rings is 9. The van der Waals surface area contributed by atoms with Crippen molar-refractivity contribution < 1.29 is 0 Å². The molecule has 0 atom stereocenters. The second-order valence-corrected chi connectivity index (χ2v) is 15.9. The van der Waals surface area contributed by atoms with Crippen LogP contribution in [0.3, 0.4) is 0 Å². The van der Waals surface area contributed by atoms with Crippen molar-refractivity contribution in [3.8, 4) is 33.6 Å². The molecule has 9 aromatic carbocycles. The Kier molecular flexibility index (Phi) is 9.72. The number of nitrogens with zero attached hydrogens (tertiary/aromatic N) is 4. The lowest BCUT2D eigenvalue weighted by Crippen LogP contribution is -2.00. The van der Waals surface area contributed by atoms with Gasteiger partial charge in [0.2, 0.25) is 0 Å². The monoisotopic (exact) mass is 806 g/mol. The zero-order chi connectivity index (χ0) is 42.1. The molecule has 0 unspecified atom stereocenters. The molecule has 0 aliphatic carbocycles. The smallest absolute Gasteiger partial charge is 0.0716 e. The van der Waals surface area contributed by atoms with E-state index in [0.29, 0.717) is 6.54 Å². The van der Waals surface area contributed by atoms with Crippen LogP contribution in [0, 0.1) is 0 Å². The summed E-state index contributed by atoms with van der Waals surface area (Å²) in [6, 6.07) is 79.9. The van der Waals surface area contributed by atoms with Gasteiger partial charge in [-0.25, -0.2) is 0 Å². The first-order valence-corrected chi connectivity index (χ1v) is 21.4. The molecule has 0 aliphatic heterocycles. The van der Waals surface area contributed by atoms with Gasteiger partial charge in [0, 0.05) is 38.5 Å². The van der Waals surface area contributed by atoms with Crippen LogP contribution in [0.4, 0.5) is 0 Å². The largest absolute Gasteiger partial charge is 0.309 e. The van der Waals surface area contributed by atoms with E-state index in [1.54, 1.807) is 0 Å². The van der Waals surface area contributed by atoms with Gasteiger partial charge >= 0.3 is 0 Å². The van der Waals surface area contributed by atoms with Gasteiger partial charge < -0.3 is 9.13 Å². The van der Waals surface area contributed by atoms with E-state index in [1.807, 2.05) is 36.4 Å². The third kappa shape index (κ3) is 7.04. The molecule has 0 amide bonds. The highest BCUT2D eigenvalue weighted by atomic mass is 15.0. The minimum atomic E-state index is 0.570. The van der Waals surface area contributed by atoms with E-state index in [0.717, 1.165) is 56.1 Å². The van der Waals surface area contributed by atoms with E-state index in [9.17, 15) is 0 Å². The number of aromatic nitrogens is 2. The summed E-state index contributed by atoms with van der Waals surface area (Å²) in [5.74, 6) is 0. The lowest BCUT2D eigenvalue weighted by molar-refractivity contribution is 1.07. The summed E-state index contributed by atoms with van der Waals surface area (Å²) in [5.41, 5.74) is 16.4. The van der Waals surface area contributed by atoms with Crippen LogP contribution < -0.4 is 0 Å². The molecule has 2 aromatic heterocycles. The number of aliphatic imine (C=N–C) groups is 2. The summed E-state index contributed by atoms with van der Waals surface area (Å²) in [4.78, 5) is 9.59. The zero-order valence-electron chi connectivity index (χ0n) is 34.6. The average molecular weight is 807 g/mol. The Hall–Kier alpha value is -8.34. The number of hydrogen-bond donors (Lipinski definition) is 0. The van der Waals surface area contributed by atoms with Crippen molar-refractivity contribution in [2.75, 3.05) is 0 Å². The van der Waals surface area contributed by atoms with Gasteiger partial charge in [0.05, 0.1) is 40.0 Å². The maximum Gasteiger partial charge on any atom is 0.0716 e. The number of hydrogen-bond acceptors (Lipinski definition) is 2. The molecule has 0 spiro atoms. The molecule has 0 fully saturated rings. The molecule has 0 saturated carbocycles. The first-order valence-electron chi connectivity index (χ1n) is 21.4. The van der Waals surface area contributed by atoms with Gasteiger partial charge in [0.25, 0.3) is 0 Å². The predicted octanol–water partition coefficient (Wildman–Crippen LogP) is 14.9. The molecule has 0 saturated heterocycles.